The van der Waals surface area contributed by atoms with Crippen molar-refractivity contribution < 1.29 is 14.3 Å². The van der Waals surface area contributed by atoms with Gasteiger partial charge >= 0.3 is 6.09 Å². The molecule has 3 atom stereocenters. The van der Waals surface area contributed by atoms with E-state index in [2.05, 4.69) is 10.6 Å². The van der Waals surface area contributed by atoms with Gasteiger partial charge in [-0.05, 0) is 25.3 Å². The zero-order chi connectivity index (χ0) is 11.5. The highest BCUT2D eigenvalue weighted by atomic mass is 16.5. The molecule has 5 heteroatoms. The van der Waals surface area contributed by atoms with Crippen molar-refractivity contribution in [3.05, 3.63) is 0 Å². The second kappa shape index (κ2) is 4.82. The molecule has 0 radical (unpaired) electrons. The topological polar surface area (TPSA) is 67.4 Å². The summed E-state index contributed by atoms with van der Waals surface area (Å²) in [7, 11) is 0. The Morgan fingerprint density at radius 3 is 3.06 bits per heavy atom. The van der Waals surface area contributed by atoms with Gasteiger partial charge in [0.15, 0.2) is 0 Å². The van der Waals surface area contributed by atoms with E-state index in [1.165, 1.54) is 0 Å². The lowest BCUT2D eigenvalue weighted by atomic mass is 9.77. The standard InChI is InChI=1S/C11H18N2O3/c1-2-16-11(15)13-10-4-8(14)3-7-5-12-6-9(7)10/h7,9-10,12H,2-6H2,1H3,(H,13,15). The molecule has 5 nitrogen and oxygen atoms in total. The molecule has 1 saturated heterocycles. The van der Waals surface area contributed by atoms with Crippen molar-refractivity contribution in [2.24, 2.45) is 11.8 Å². The first-order chi connectivity index (χ1) is 7.70. The molecule has 0 aromatic rings. The Morgan fingerprint density at radius 2 is 2.31 bits per heavy atom. The highest BCUT2D eigenvalue weighted by Crippen LogP contribution is 2.31. The lowest BCUT2D eigenvalue weighted by Crippen LogP contribution is -2.47. The molecule has 90 valence electrons. The fourth-order valence-corrected chi connectivity index (χ4v) is 2.70. The normalized spacial score (nSPS) is 33.3. The van der Waals surface area contributed by atoms with E-state index in [9.17, 15) is 9.59 Å². The van der Waals surface area contributed by atoms with E-state index in [-0.39, 0.29) is 11.8 Å². The van der Waals surface area contributed by atoms with Crippen LogP contribution in [0.3, 0.4) is 0 Å². The SMILES string of the molecule is CCOC(=O)NC1CC(=O)CC2CNCC21. The van der Waals surface area contributed by atoms with E-state index < -0.39 is 6.09 Å². The van der Waals surface area contributed by atoms with E-state index in [1.54, 1.807) is 6.92 Å². The first kappa shape index (κ1) is 11.4. The van der Waals surface area contributed by atoms with Crippen molar-refractivity contribution in [1.29, 1.82) is 0 Å². The van der Waals surface area contributed by atoms with Crippen molar-refractivity contribution in [2.75, 3.05) is 19.7 Å². The number of fused-ring (bicyclic) bond motifs is 1. The molecule has 2 fully saturated rings. The predicted octanol–water partition coefficient (Wildman–Crippen LogP) is 0.300. The van der Waals surface area contributed by atoms with Crippen LogP contribution in [0.1, 0.15) is 19.8 Å². The highest BCUT2D eigenvalue weighted by molar-refractivity contribution is 5.81. The number of ketones is 1. The van der Waals surface area contributed by atoms with Crippen molar-refractivity contribution in [1.82, 2.24) is 10.6 Å². The van der Waals surface area contributed by atoms with Crippen LogP contribution in [0, 0.1) is 11.8 Å². The molecular weight excluding hydrogens is 208 g/mol. The number of ether oxygens (including phenoxy) is 1. The molecule has 16 heavy (non-hydrogen) atoms. The summed E-state index contributed by atoms with van der Waals surface area (Å²) in [6.45, 7) is 3.90. The average molecular weight is 226 g/mol. The van der Waals surface area contributed by atoms with Gasteiger partial charge < -0.3 is 15.4 Å². The van der Waals surface area contributed by atoms with Crippen molar-refractivity contribution in [3.8, 4) is 0 Å². The molecule has 1 saturated carbocycles. The lowest BCUT2D eigenvalue weighted by Gasteiger charge is -2.32. The quantitative estimate of drug-likeness (QED) is 0.710. The van der Waals surface area contributed by atoms with Crippen LogP contribution in [0.25, 0.3) is 0 Å². The van der Waals surface area contributed by atoms with Crippen LogP contribution in [0.15, 0.2) is 0 Å². The van der Waals surface area contributed by atoms with E-state index in [0.29, 0.717) is 31.3 Å². The molecular formula is C11H18N2O3. The van der Waals surface area contributed by atoms with Crippen molar-refractivity contribution in [2.45, 2.75) is 25.8 Å². The number of hydrogen-bond acceptors (Lipinski definition) is 4. The summed E-state index contributed by atoms with van der Waals surface area (Å²) in [4.78, 5) is 22.9. The van der Waals surface area contributed by atoms with Crippen molar-refractivity contribution in [3.63, 3.8) is 0 Å². The fraction of sp³-hybridized carbons (Fsp3) is 0.818. The number of carbonyl (C=O) groups is 2. The van der Waals surface area contributed by atoms with Gasteiger partial charge in [0.1, 0.15) is 5.78 Å². The molecule has 0 spiro atoms. The first-order valence-corrected chi connectivity index (χ1v) is 5.86. The molecule has 2 N–H and O–H groups in total. The Morgan fingerprint density at radius 1 is 1.50 bits per heavy atom. The maximum atomic E-state index is 11.5. The molecule has 1 amide bonds. The summed E-state index contributed by atoms with van der Waals surface area (Å²) in [6.07, 6.45) is 0.688. The molecule has 0 aromatic carbocycles. The van der Waals surface area contributed by atoms with Gasteiger partial charge in [0.05, 0.1) is 6.61 Å². The van der Waals surface area contributed by atoms with E-state index in [4.69, 9.17) is 4.74 Å². The van der Waals surface area contributed by atoms with Gasteiger partial charge in [0, 0.05) is 25.4 Å². The van der Waals surface area contributed by atoms with Crippen molar-refractivity contribution >= 4 is 11.9 Å². The van der Waals surface area contributed by atoms with Gasteiger partial charge in [-0.3, -0.25) is 4.79 Å². The van der Waals surface area contributed by atoms with Gasteiger partial charge in [-0.2, -0.15) is 0 Å². The van der Waals surface area contributed by atoms with Crippen LogP contribution in [0.2, 0.25) is 0 Å². The molecule has 1 aliphatic carbocycles. The van der Waals surface area contributed by atoms with Crippen LogP contribution < -0.4 is 10.6 Å². The maximum Gasteiger partial charge on any atom is 0.407 e. The molecule has 0 bridgehead atoms. The van der Waals surface area contributed by atoms with Crippen LogP contribution in [-0.2, 0) is 9.53 Å². The van der Waals surface area contributed by atoms with Crippen LogP contribution in [0.4, 0.5) is 4.79 Å². The number of amides is 1. The average Bonchev–Trinajstić information content (AvgIpc) is 2.65. The number of hydrogen-bond donors (Lipinski definition) is 2. The van der Waals surface area contributed by atoms with E-state index in [1.807, 2.05) is 0 Å². The zero-order valence-electron chi connectivity index (χ0n) is 9.49. The number of carbonyl (C=O) groups excluding carboxylic acids is 2. The summed E-state index contributed by atoms with van der Waals surface area (Å²) >= 11 is 0. The first-order valence-electron chi connectivity index (χ1n) is 5.86. The van der Waals surface area contributed by atoms with Gasteiger partial charge in [0.25, 0.3) is 0 Å². The van der Waals surface area contributed by atoms with E-state index in [0.717, 1.165) is 13.1 Å². The van der Waals surface area contributed by atoms with Gasteiger partial charge in [-0.1, -0.05) is 0 Å². The third-order valence-corrected chi connectivity index (χ3v) is 3.43. The number of nitrogens with one attached hydrogen (secondary N) is 2. The van der Waals surface area contributed by atoms with E-state index >= 15 is 0 Å². The highest BCUT2D eigenvalue weighted by Gasteiger charge is 2.40. The third-order valence-electron chi connectivity index (χ3n) is 3.43. The lowest BCUT2D eigenvalue weighted by molar-refractivity contribution is -0.122. The molecule has 0 aromatic heterocycles. The summed E-state index contributed by atoms with van der Waals surface area (Å²) < 4.78 is 4.85. The second-order valence-corrected chi connectivity index (χ2v) is 4.50. The minimum Gasteiger partial charge on any atom is -0.450 e. The van der Waals surface area contributed by atoms with Crippen LogP contribution in [-0.4, -0.2) is 37.6 Å². The molecule has 1 heterocycles. The monoisotopic (exact) mass is 226 g/mol. The minimum atomic E-state index is -0.409. The summed E-state index contributed by atoms with van der Waals surface area (Å²) in [5, 5.41) is 6.08. The Labute approximate surface area is 94.9 Å². The third kappa shape index (κ3) is 2.35. The Balaban J connectivity index is 1.96. The smallest absolute Gasteiger partial charge is 0.407 e. The summed E-state index contributed by atoms with van der Waals surface area (Å²) in [5.41, 5.74) is 0. The van der Waals surface area contributed by atoms with Gasteiger partial charge in [-0.15, -0.1) is 0 Å². The number of rotatable bonds is 2. The second-order valence-electron chi connectivity index (χ2n) is 4.50. The Bertz CT molecular complexity index is 293. The molecule has 3 unspecified atom stereocenters. The predicted molar refractivity (Wildman–Crippen MR) is 58.0 cm³/mol. The summed E-state index contributed by atoms with van der Waals surface area (Å²) in [6, 6.07) is -0.0553. The van der Waals surface area contributed by atoms with Gasteiger partial charge in [-0.25, -0.2) is 4.79 Å². The molecule has 2 aliphatic rings. The van der Waals surface area contributed by atoms with Crippen LogP contribution >= 0.6 is 0 Å². The Kier molecular flexibility index (Phi) is 3.43. The fourth-order valence-electron chi connectivity index (χ4n) is 2.70. The zero-order valence-corrected chi connectivity index (χ0v) is 9.49. The van der Waals surface area contributed by atoms with Gasteiger partial charge in [0.2, 0.25) is 0 Å². The maximum absolute atomic E-state index is 11.5. The number of alkyl carbamates (subject to hydrolysis) is 1. The Hall–Kier alpha value is -1.10. The van der Waals surface area contributed by atoms with Crippen LogP contribution in [0.5, 0.6) is 0 Å². The summed E-state index contributed by atoms with van der Waals surface area (Å²) in [5.74, 6) is 1.00. The largest absolute Gasteiger partial charge is 0.450 e. The minimum absolute atomic E-state index is 0.0553. The molecule has 1 aliphatic heterocycles. The number of Topliss-reactive ketones (excluding diaryl/α,β-unsaturated/α-hetero) is 1. The molecule has 2 rings (SSSR count).